The van der Waals surface area contributed by atoms with Crippen LogP contribution in [0.3, 0.4) is 0 Å². The van der Waals surface area contributed by atoms with E-state index in [0.29, 0.717) is 0 Å². The first-order valence-corrected chi connectivity index (χ1v) is 5.89. The van der Waals surface area contributed by atoms with Gasteiger partial charge in [0, 0.05) is 0 Å². The molecule has 5 nitrogen and oxygen atoms in total. The first-order valence-electron chi connectivity index (χ1n) is 3.98. The van der Waals surface area contributed by atoms with Gasteiger partial charge in [-0.1, -0.05) is 30.3 Å². The number of ether oxygens (including phenoxy) is 1. The van der Waals surface area contributed by atoms with Gasteiger partial charge in [0.2, 0.25) is 8.46 Å². The smallest absolute Gasteiger partial charge is 0.305 e. The lowest BCUT2D eigenvalue weighted by atomic mass is 10.2. The van der Waals surface area contributed by atoms with Crippen molar-refractivity contribution in [1.29, 1.82) is 0 Å². The van der Waals surface area contributed by atoms with E-state index in [2.05, 4.69) is 4.18 Å². The Hall–Kier alpha value is -0.650. The van der Waals surface area contributed by atoms with Gasteiger partial charge < -0.3 is 4.74 Å². The van der Waals surface area contributed by atoms with E-state index in [0.717, 1.165) is 5.56 Å². The molecule has 82 valence electrons. The van der Waals surface area contributed by atoms with Crippen molar-refractivity contribution < 1.29 is 22.2 Å². The molecule has 15 heavy (non-hydrogen) atoms. The summed E-state index contributed by atoms with van der Waals surface area (Å²) >= 11 is -2.49. The summed E-state index contributed by atoms with van der Waals surface area (Å²) in [6, 6.07) is 7.91. The van der Waals surface area contributed by atoms with Crippen LogP contribution in [0.4, 0.5) is 0 Å². The van der Waals surface area contributed by atoms with Gasteiger partial charge in [0.15, 0.2) is 0 Å². The van der Waals surface area contributed by atoms with Crippen molar-refractivity contribution in [2.75, 3.05) is 0 Å². The number of benzene rings is 1. The predicted octanol–water partition coefficient (Wildman–Crippen LogP) is 1.93. The van der Waals surface area contributed by atoms with Gasteiger partial charge in [-0.2, -0.15) is 4.21 Å². The standard InChI is InChI=1S/C8H9O5PS/c9-14-8(13-15(10)11)12-6-7-4-2-1-3-5-7/h1-5,8H,6H2,(H,10,11). The molecule has 2 atom stereocenters. The van der Waals surface area contributed by atoms with Gasteiger partial charge in [0.05, 0.1) is 6.61 Å². The maximum Gasteiger partial charge on any atom is 0.305 e. The number of hydrogen-bond acceptors (Lipinski definition) is 4. The van der Waals surface area contributed by atoms with Crippen molar-refractivity contribution >= 4 is 19.8 Å². The summed E-state index contributed by atoms with van der Waals surface area (Å²) in [5.41, 5.74) is 0.860. The zero-order valence-corrected chi connectivity index (χ0v) is 9.32. The molecular formula is C8H9O5PS. The number of rotatable bonds is 6. The molecule has 0 saturated carbocycles. The van der Waals surface area contributed by atoms with Crippen LogP contribution >= 0.6 is 8.46 Å². The molecule has 0 bridgehead atoms. The van der Waals surface area contributed by atoms with Gasteiger partial charge in [-0.15, -0.1) is 0 Å². The molecule has 0 spiro atoms. The van der Waals surface area contributed by atoms with Gasteiger partial charge >= 0.3 is 11.4 Å². The van der Waals surface area contributed by atoms with Crippen LogP contribution in [0.1, 0.15) is 5.56 Å². The van der Waals surface area contributed by atoms with E-state index < -0.39 is 25.9 Å². The van der Waals surface area contributed by atoms with E-state index in [1.54, 1.807) is 0 Å². The normalized spacial score (nSPS) is 15.0. The third kappa shape index (κ3) is 5.11. The second-order valence-corrected chi connectivity index (χ2v) is 3.78. The summed E-state index contributed by atoms with van der Waals surface area (Å²) in [5.74, 6) is 0. The summed E-state index contributed by atoms with van der Waals surface area (Å²) < 4.78 is 38.4. The Balaban J connectivity index is 2.41. The molecule has 1 aromatic rings. The van der Waals surface area contributed by atoms with E-state index in [-0.39, 0.29) is 6.61 Å². The van der Waals surface area contributed by atoms with Crippen LogP contribution in [0.25, 0.3) is 0 Å². The van der Waals surface area contributed by atoms with Crippen LogP contribution in [0.2, 0.25) is 0 Å². The second kappa shape index (κ2) is 6.76. The first-order chi connectivity index (χ1) is 7.22. The lowest BCUT2D eigenvalue weighted by Gasteiger charge is -2.08. The minimum absolute atomic E-state index is 0.165. The molecule has 2 unspecified atom stereocenters. The molecule has 0 amide bonds. The van der Waals surface area contributed by atoms with Crippen molar-refractivity contribution in [1.82, 2.24) is 0 Å². The van der Waals surface area contributed by atoms with Crippen molar-refractivity contribution in [2.45, 2.75) is 12.6 Å². The van der Waals surface area contributed by atoms with Crippen molar-refractivity contribution in [2.24, 2.45) is 0 Å². The molecule has 0 aliphatic heterocycles. The third-order valence-electron chi connectivity index (χ3n) is 1.49. The molecular weight excluding hydrogens is 239 g/mol. The highest BCUT2D eigenvalue weighted by molar-refractivity contribution is 7.74. The molecule has 0 fully saturated rings. The quantitative estimate of drug-likeness (QED) is 0.473. The van der Waals surface area contributed by atoms with Gasteiger partial charge in [-0.05, 0) is 5.56 Å². The van der Waals surface area contributed by atoms with Crippen LogP contribution in [0, 0.1) is 0 Å². The van der Waals surface area contributed by atoms with E-state index in [4.69, 9.17) is 9.29 Å². The molecule has 0 saturated heterocycles. The molecule has 1 rings (SSSR count). The van der Waals surface area contributed by atoms with Crippen molar-refractivity contribution in [3.05, 3.63) is 35.9 Å². The summed E-state index contributed by atoms with van der Waals surface area (Å²) in [7, 11) is -0.492. The van der Waals surface area contributed by atoms with Crippen molar-refractivity contribution in [3.8, 4) is 0 Å². The molecule has 0 aliphatic rings. The maximum absolute atomic E-state index is 10.5. The molecule has 7 heteroatoms. The fourth-order valence-corrected chi connectivity index (χ4v) is 1.58. The Labute approximate surface area is 91.1 Å². The van der Waals surface area contributed by atoms with Crippen molar-refractivity contribution in [3.63, 3.8) is 0 Å². The third-order valence-corrected chi connectivity index (χ3v) is 2.39. The zero-order chi connectivity index (χ0) is 11.1. The Morgan fingerprint density at radius 1 is 1.40 bits per heavy atom. The van der Waals surface area contributed by atoms with Crippen LogP contribution < -0.4 is 0 Å². The van der Waals surface area contributed by atoms with E-state index in [1.807, 2.05) is 30.3 Å². The average Bonchev–Trinajstić information content (AvgIpc) is 2.25. The fourth-order valence-electron chi connectivity index (χ4n) is 0.888. The Morgan fingerprint density at radius 3 is 2.60 bits per heavy atom. The average molecular weight is 248 g/mol. The van der Waals surface area contributed by atoms with E-state index in [1.165, 1.54) is 0 Å². The van der Waals surface area contributed by atoms with Crippen LogP contribution in [0.5, 0.6) is 0 Å². The van der Waals surface area contributed by atoms with Gasteiger partial charge in [-0.25, -0.2) is 4.18 Å². The Kier molecular flexibility index (Phi) is 5.60. The predicted molar refractivity (Wildman–Crippen MR) is 54.5 cm³/mol. The molecule has 1 aromatic carbocycles. The summed E-state index contributed by atoms with van der Waals surface area (Å²) in [4.78, 5) is 0. The summed E-state index contributed by atoms with van der Waals surface area (Å²) in [5, 5.41) is 0. The molecule has 0 aliphatic carbocycles. The second-order valence-electron chi connectivity index (χ2n) is 2.52. The molecule has 1 N–H and O–H groups in total. The molecule has 0 radical (unpaired) electrons. The van der Waals surface area contributed by atoms with Crippen LogP contribution in [-0.2, 0) is 31.5 Å². The minimum Gasteiger partial charge on any atom is -0.337 e. The summed E-state index contributed by atoms with van der Waals surface area (Å²) in [6.07, 6.45) is 0. The van der Waals surface area contributed by atoms with E-state index >= 15 is 0 Å². The first kappa shape index (κ1) is 12.4. The monoisotopic (exact) mass is 248 g/mol. The zero-order valence-electron chi connectivity index (χ0n) is 7.61. The highest BCUT2D eigenvalue weighted by atomic mass is 32.2. The number of hydrogen-bond donors (Lipinski definition) is 1. The maximum atomic E-state index is 10.5. The Bertz CT molecular complexity index is 331. The van der Waals surface area contributed by atoms with Gasteiger partial charge in [-0.3, -0.25) is 9.12 Å². The highest BCUT2D eigenvalue weighted by Crippen LogP contribution is 2.13. The largest absolute Gasteiger partial charge is 0.337 e. The lowest BCUT2D eigenvalue weighted by molar-refractivity contribution is -0.0256. The Morgan fingerprint density at radius 2 is 2.07 bits per heavy atom. The topological polar surface area (TPSA) is 72.8 Å². The van der Waals surface area contributed by atoms with Gasteiger partial charge in [0.25, 0.3) is 6.03 Å². The van der Waals surface area contributed by atoms with E-state index in [9.17, 15) is 8.77 Å². The van der Waals surface area contributed by atoms with Crippen LogP contribution in [-0.4, -0.2) is 14.8 Å². The fraction of sp³-hybridized carbons (Fsp3) is 0.250. The molecule has 0 heterocycles. The minimum atomic E-state index is -2.49. The van der Waals surface area contributed by atoms with Gasteiger partial charge in [0.1, 0.15) is 0 Å². The summed E-state index contributed by atoms with van der Waals surface area (Å²) in [6.45, 7) is 0.165. The SMILES string of the molecule is O=PC(OCc1ccccc1)OS(=O)O. The highest BCUT2D eigenvalue weighted by Gasteiger charge is 2.12. The molecule has 0 aromatic heterocycles. The van der Waals surface area contributed by atoms with Crippen LogP contribution in [0.15, 0.2) is 30.3 Å². The lowest BCUT2D eigenvalue weighted by Crippen LogP contribution is -2.11.